The molecule has 0 aliphatic heterocycles. The van der Waals surface area contributed by atoms with E-state index in [1.54, 1.807) is 0 Å². The lowest BCUT2D eigenvalue weighted by Gasteiger charge is -2.20. The van der Waals surface area contributed by atoms with Crippen LogP contribution in [0.2, 0.25) is 0 Å². The summed E-state index contributed by atoms with van der Waals surface area (Å²) in [5, 5.41) is 18.3. The summed E-state index contributed by atoms with van der Waals surface area (Å²) < 4.78 is 32.5. The molecule has 0 bridgehead atoms. The minimum absolute atomic E-state index is 0.157. The van der Waals surface area contributed by atoms with Crippen LogP contribution in [-0.2, 0) is 32.7 Å². The van der Waals surface area contributed by atoms with Crippen LogP contribution in [0.3, 0.4) is 0 Å². The van der Waals surface area contributed by atoms with Gasteiger partial charge in [-0.05, 0) is 57.8 Å². The molecule has 0 fully saturated rings. The van der Waals surface area contributed by atoms with Crippen molar-refractivity contribution in [2.24, 2.45) is 0 Å². The molecule has 0 rings (SSSR count). The molecule has 2 unspecified atom stereocenters. The molecule has 11 heteroatoms. The van der Waals surface area contributed by atoms with E-state index in [1.165, 1.54) is 38.5 Å². The molecule has 10 nitrogen and oxygen atoms in total. The molecule has 3 N–H and O–H groups in total. The van der Waals surface area contributed by atoms with E-state index in [1.807, 2.05) is 24.3 Å². The molecule has 3 atom stereocenters. The van der Waals surface area contributed by atoms with Gasteiger partial charge < -0.3 is 24.6 Å². The summed E-state index contributed by atoms with van der Waals surface area (Å²) in [5.41, 5.74) is 0. The average Bonchev–Trinajstić information content (AvgIpc) is 3.09. The van der Waals surface area contributed by atoms with E-state index in [4.69, 9.17) is 19.1 Å². The molecule has 0 aromatic heterocycles. The summed E-state index contributed by atoms with van der Waals surface area (Å²) in [6.45, 7) is 2.16. The van der Waals surface area contributed by atoms with Gasteiger partial charge in [-0.2, -0.15) is 0 Å². The van der Waals surface area contributed by atoms with Crippen LogP contribution in [-0.4, -0.2) is 65.7 Å². The molecule has 0 heterocycles. The first-order chi connectivity index (χ1) is 23.7. The molecule has 0 spiro atoms. The number of aliphatic hydroxyl groups is 2. The summed E-state index contributed by atoms with van der Waals surface area (Å²) in [6.07, 6.45) is 33.7. The number of allylic oxidation sites excluding steroid dienone is 8. The Morgan fingerprint density at radius 2 is 1.14 bits per heavy atom. The van der Waals surface area contributed by atoms with Gasteiger partial charge in [0.1, 0.15) is 12.7 Å². The molecule has 49 heavy (non-hydrogen) atoms. The molecule has 0 saturated heterocycles. The standard InChI is InChI=1S/C38H67O10P/c1-3-5-7-9-11-13-15-17-19-21-23-25-27-29-37(41)45-33-36(34-47-49(43,44)46-32-35(40)31-39)48-38(42)30-28-26-24-22-20-18-16-14-12-10-8-6-4-2/h6,8,10,12,14,16-17,19,35-36,39-40H,3-5,7,9,11,13,15,18,20-34H2,1-2H3,(H,43,44)/b8-6+,12-10+,16-14+,19-17+/t35-,36?/m0/s1. The van der Waals surface area contributed by atoms with Gasteiger partial charge in [-0.25, -0.2) is 4.57 Å². The van der Waals surface area contributed by atoms with Crippen molar-refractivity contribution < 1.29 is 47.8 Å². The van der Waals surface area contributed by atoms with Crippen molar-refractivity contribution in [2.45, 2.75) is 154 Å². The highest BCUT2D eigenvalue weighted by molar-refractivity contribution is 7.47. The number of hydrogen-bond acceptors (Lipinski definition) is 9. The van der Waals surface area contributed by atoms with Gasteiger partial charge in [-0.15, -0.1) is 0 Å². The third kappa shape index (κ3) is 34.2. The zero-order chi connectivity index (χ0) is 36.3. The number of hydrogen-bond donors (Lipinski definition) is 3. The normalized spacial score (nSPS) is 14.6. The van der Waals surface area contributed by atoms with Gasteiger partial charge in [0.05, 0.1) is 19.8 Å². The fourth-order valence-corrected chi connectivity index (χ4v) is 5.42. The summed E-state index contributed by atoms with van der Waals surface area (Å²) in [4.78, 5) is 34.8. The van der Waals surface area contributed by atoms with Crippen LogP contribution < -0.4 is 0 Å². The van der Waals surface area contributed by atoms with Gasteiger partial charge in [0.15, 0.2) is 6.10 Å². The number of unbranched alkanes of at least 4 members (excludes halogenated alkanes) is 14. The van der Waals surface area contributed by atoms with Crippen molar-refractivity contribution in [3.05, 3.63) is 48.6 Å². The zero-order valence-corrected chi connectivity index (χ0v) is 31.3. The Labute approximate surface area is 296 Å². The van der Waals surface area contributed by atoms with Crippen molar-refractivity contribution in [3.8, 4) is 0 Å². The van der Waals surface area contributed by atoms with E-state index in [0.717, 1.165) is 64.2 Å². The molecular formula is C38H67O10P. The second kappa shape index (κ2) is 34.4. The van der Waals surface area contributed by atoms with Crippen LogP contribution in [0.4, 0.5) is 0 Å². The first kappa shape index (κ1) is 46.9. The van der Waals surface area contributed by atoms with Gasteiger partial charge in [0.25, 0.3) is 0 Å². The smallest absolute Gasteiger partial charge is 0.462 e. The van der Waals surface area contributed by atoms with Crippen LogP contribution in [0.1, 0.15) is 142 Å². The highest BCUT2D eigenvalue weighted by Crippen LogP contribution is 2.43. The summed E-state index contributed by atoms with van der Waals surface area (Å²) in [5.74, 6) is -0.973. The van der Waals surface area contributed by atoms with E-state index in [0.29, 0.717) is 12.8 Å². The molecule has 284 valence electrons. The van der Waals surface area contributed by atoms with Crippen LogP contribution >= 0.6 is 7.82 Å². The number of ether oxygens (including phenoxy) is 2. The van der Waals surface area contributed by atoms with Gasteiger partial charge in [0, 0.05) is 12.8 Å². The number of carbonyl (C=O) groups excluding carboxylic acids is 2. The van der Waals surface area contributed by atoms with Gasteiger partial charge in [0.2, 0.25) is 0 Å². The minimum atomic E-state index is -4.62. The fraction of sp³-hybridized carbons (Fsp3) is 0.737. The third-order valence-corrected chi connectivity index (χ3v) is 8.48. The molecule has 0 aliphatic carbocycles. The van der Waals surface area contributed by atoms with Gasteiger partial charge in [-0.3, -0.25) is 18.6 Å². The monoisotopic (exact) mass is 714 g/mol. The SMILES string of the molecule is CC/C=C/C=C/C=C/CCCCCCCC(=O)OC(COC(=O)CCCCC/C=C/CCCCCCCC)COP(=O)(O)OC[C@@H](O)CO. The van der Waals surface area contributed by atoms with E-state index in [9.17, 15) is 24.2 Å². The Morgan fingerprint density at radius 3 is 1.76 bits per heavy atom. The second-order valence-corrected chi connectivity index (χ2v) is 13.7. The van der Waals surface area contributed by atoms with Crippen LogP contribution in [0, 0.1) is 0 Å². The van der Waals surface area contributed by atoms with Crippen LogP contribution in [0.5, 0.6) is 0 Å². The van der Waals surface area contributed by atoms with Crippen LogP contribution in [0.25, 0.3) is 0 Å². The van der Waals surface area contributed by atoms with E-state index in [-0.39, 0.29) is 19.4 Å². The van der Waals surface area contributed by atoms with E-state index < -0.39 is 51.8 Å². The van der Waals surface area contributed by atoms with Crippen molar-refractivity contribution in [1.29, 1.82) is 0 Å². The number of phosphoric ester groups is 1. The van der Waals surface area contributed by atoms with Crippen LogP contribution in [0.15, 0.2) is 48.6 Å². The highest BCUT2D eigenvalue weighted by Gasteiger charge is 2.27. The Morgan fingerprint density at radius 1 is 0.633 bits per heavy atom. The maximum Gasteiger partial charge on any atom is 0.472 e. The number of phosphoric acid groups is 1. The van der Waals surface area contributed by atoms with Crippen molar-refractivity contribution in [3.63, 3.8) is 0 Å². The Bertz CT molecular complexity index is 962. The van der Waals surface area contributed by atoms with Crippen molar-refractivity contribution in [1.82, 2.24) is 0 Å². The Kier molecular flexibility index (Phi) is 32.9. The van der Waals surface area contributed by atoms with E-state index in [2.05, 4.69) is 42.7 Å². The fourth-order valence-electron chi connectivity index (χ4n) is 4.63. The first-order valence-corrected chi connectivity index (χ1v) is 20.1. The largest absolute Gasteiger partial charge is 0.472 e. The van der Waals surface area contributed by atoms with Crippen molar-refractivity contribution in [2.75, 3.05) is 26.4 Å². The lowest BCUT2D eigenvalue weighted by atomic mass is 10.1. The number of rotatable bonds is 34. The predicted octanol–water partition coefficient (Wildman–Crippen LogP) is 8.99. The zero-order valence-electron chi connectivity index (χ0n) is 30.4. The van der Waals surface area contributed by atoms with Gasteiger partial charge >= 0.3 is 19.8 Å². The summed E-state index contributed by atoms with van der Waals surface area (Å²) in [6, 6.07) is 0. The Balaban J connectivity index is 4.45. The quantitative estimate of drug-likeness (QED) is 0.0194. The molecule has 0 saturated carbocycles. The summed E-state index contributed by atoms with van der Waals surface area (Å²) >= 11 is 0. The number of aliphatic hydroxyl groups excluding tert-OH is 2. The number of esters is 2. The van der Waals surface area contributed by atoms with Gasteiger partial charge in [-0.1, -0.05) is 120 Å². The second-order valence-electron chi connectivity index (χ2n) is 12.3. The average molecular weight is 715 g/mol. The molecule has 0 aliphatic rings. The Hall–Kier alpha value is -2.07. The molecular weight excluding hydrogens is 647 g/mol. The van der Waals surface area contributed by atoms with Crippen molar-refractivity contribution >= 4 is 19.8 Å². The minimum Gasteiger partial charge on any atom is -0.462 e. The molecule has 0 amide bonds. The maximum atomic E-state index is 12.5. The van der Waals surface area contributed by atoms with E-state index >= 15 is 0 Å². The topological polar surface area (TPSA) is 149 Å². The summed E-state index contributed by atoms with van der Waals surface area (Å²) in [7, 11) is -4.62. The highest BCUT2D eigenvalue weighted by atomic mass is 31.2. The number of carbonyl (C=O) groups is 2. The lowest BCUT2D eigenvalue weighted by Crippen LogP contribution is -2.29. The molecule has 0 aromatic rings. The predicted molar refractivity (Wildman–Crippen MR) is 196 cm³/mol. The first-order valence-electron chi connectivity index (χ1n) is 18.6. The maximum absolute atomic E-state index is 12.5. The lowest BCUT2D eigenvalue weighted by molar-refractivity contribution is -0.161. The third-order valence-electron chi connectivity index (χ3n) is 7.53. The molecule has 0 radical (unpaired) electrons. The molecule has 0 aromatic carbocycles.